The monoisotopic (exact) mass is 341 g/mol. The Morgan fingerprint density at radius 3 is 2.40 bits per heavy atom. The SMILES string of the molecule is CN(O)C(=O)CCC(c1ccc(Cl)c(Cl)c1)P(=O)(O)O. The molecule has 1 unspecified atom stereocenters. The topological polar surface area (TPSA) is 98.1 Å². The molecule has 6 nitrogen and oxygen atoms in total. The van der Waals surface area contributed by atoms with E-state index in [1.165, 1.54) is 18.2 Å². The van der Waals surface area contributed by atoms with Gasteiger partial charge in [-0.25, -0.2) is 5.06 Å². The first kappa shape index (κ1) is 17.4. The van der Waals surface area contributed by atoms with Crippen molar-refractivity contribution in [3.8, 4) is 0 Å². The minimum Gasteiger partial charge on any atom is -0.324 e. The van der Waals surface area contributed by atoms with Gasteiger partial charge in [-0.3, -0.25) is 14.6 Å². The van der Waals surface area contributed by atoms with E-state index in [1.807, 2.05) is 0 Å². The summed E-state index contributed by atoms with van der Waals surface area (Å²) >= 11 is 11.6. The number of hydrogen-bond donors (Lipinski definition) is 3. The molecule has 1 aromatic carbocycles. The molecule has 0 fully saturated rings. The van der Waals surface area contributed by atoms with Crippen molar-refractivity contribution in [1.82, 2.24) is 5.06 Å². The van der Waals surface area contributed by atoms with Gasteiger partial charge in [-0.15, -0.1) is 0 Å². The summed E-state index contributed by atoms with van der Waals surface area (Å²) in [7, 11) is -3.33. The van der Waals surface area contributed by atoms with Crippen molar-refractivity contribution < 1.29 is 24.4 Å². The van der Waals surface area contributed by atoms with Crippen molar-refractivity contribution in [2.24, 2.45) is 0 Å². The van der Waals surface area contributed by atoms with Crippen LogP contribution in [0.3, 0.4) is 0 Å². The zero-order valence-electron chi connectivity index (χ0n) is 10.5. The molecule has 1 amide bonds. The number of carbonyl (C=O) groups excluding carboxylic acids is 1. The molecule has 0 aliphatic rings. The third-order valence-electron chi connectivity index (χ3n) is 2.73. The average molecular weight is 342 g/mol. The molecule has 0 spiro atoms. The molecular weight excluding hydrogens is 328 g/mol. The summed E-state index contributed by atoms with van der Waals surface area (Å²) < 4.78 is 11.5. The van der Waals surface area contributed by atoms with E-state index in [9.17, 15) is 19.1 Å². The highest BCUT2D eigenvalue weighted by Gasteiger charge is 2.31. The molecule has 112 valence electrons. The summed E-state index contributed by atoms with van der Waals surface area (Å²) in [6, 6.07) is 4.24. The number of amides is 1. The highest BCUT2D eigenvalue weighted by Crippen LogP contribution is 2.54. The highest BCUT2D eigenvalue weighted by atomic mass is 35.5. The molecule has 0 aliphatic heterocycles. The molecule has 0 aromatic heterocycles. The Kier molecular flexibility index (Phi) is 6.01. The van der Waals surface area contributed by atoms with Crippen LogP contribution in [0, 0.1) is 0 Å². The number of hydrogen-bond acceptors (Lipinski definition) is 3. The first-order valence-corrected chi connectivity index (χ1v) is 8.02. The molecular formula is C11H14Cl2NO5P. The third-order valence-corrected chi connectivity index (χ3v) is 4.83. The molecule has 0 saturated carbocycles. The summed E-state index contributed by atoms with van der Waals surface area (Å²) in [5, 5.41) is 9.76. The van der Waals surface area contributed by atoms with E-state index in [-0.39, 0.29) is 22.9 Å². The van der Waals surface area contributed by atoms with E-state index in [1.54, 1.807) is 0 Å². The van der Waals surface area contributed by atoms with Gasteiger partial charge in [0, 0.05) is 13.5 Å². The zero-order chi connectivity index (χ0) is 15.5. The van der Waals surface area contributed by atoms with Crippen LogP contribution < -0.4 is 0 Å². The number of nitrogens with zero attached hydrogens (tertiary/aromatic N) is 1. The molecule has 9 heteroatoms. The number of benzene rings is 1. The van der Waals surface area contributed by atoms with Crippen LogP contribution in [0.15, 0.2) is 18.2 Å². The Morgan fingerprint density at radius 1 is 1.35 bits per heavy atom. The number of rotatable bonds is 5. The lowest BCUT2D eigenvalue weighted by Gasteiger charge is -2.19. The average Bonchev–Trinajstić information content (AvgIpc) is 2.31. The summed E-state index contributed by atoms with van der Waals surface area (Å²) in [6.07, 6.45) is -0.324. The van der Waals surface area contributed by atoms with Crippen molar-refractivity contribution in [2.75, 3.05) is 7.05 Å². The second kappa shape index (κ2) is 6.89. The number of halogens is 2. The van der Waals surface area contributed by atoms with E-state index in [2.05, 4.69) is 0 Å². The van der Waals surface area contributed by atoms with Gasteiger partial charge in [-0.2, -0.15) is 0 Å². The van der Waals surface area contributed by atoms with Crippen LogP contribution in [0.2, 0.25) is 10.0 Å². The Hall–Kier alpha value is -0.620. The van der Waals surface area contributed by atoms with E-state index in [4.69, 9.17) is 28.4 Å². The van der Waals surface area contributed by atoms with Crippen LogP contribution in [0.1, 0.15) is 24.1 Å². The molecule has 0 saturated heterocycles. The van der Waals surface area contributed by atoms with Gasteiger partial charge < -0.3 is 9.79 Å². The molecule has 1 rings (SSSR count). The smallest absolute Gasteiger partial charge is 0.324 e. The number of carbonyl (C=O) groups is 1. The van der Waals surface area contributed by atoms with Gasteiger partial charge in [0.25, 0.3) is 0 Å². The van der Waals surface area contributed by atoms with Gasteiger partial charge >= 0.3 is 7.60 Å². The van der Waals surface area contributed by atoms with Gasteiger partial charge in [-0.1, -0.05) is 29.3 Å². The fraction of sp³-hybridized carbons (Fsp3) is 0.364. The summed E-state index contributed by atoms with van der Waals surface area (Å²) in [6.45, 7) is 0. The van der Waals surface area contributed by atoms with Crippen LogP contribution >= 0.6 is 30.8 Å². The first-order chi connectivity index (χ1) is 9.12. The van der Waals surface area contributed by atoms with Crippen molar-refractivity contribution in [2.45, 2.75) is 18.5 Å². The maximum absolute atomic E-state index is 11.5. The van der Waals surface area contributed by atoms with Gasteiger partial charge in [0.2, 0.25) is 5.91 Å². The third kappa shape index (κ3) is 4.74. The predicted octanol–water partition coefficient (Wildman–Crippen LogP) is 2.84. The van der Waals surface area contributed by atoms with Crippen LogP contribution in [-0.4, -0.2) is 33.0 Å². The molecule has 0 radical (unpaired) electrons. The maximum Gasteiger partial charge on any atom is 0.332 e. The summed E-state index contributed by atoms with van der Waals surface area (Å²) in [5.41, 5.74) is -0.887. The van der Waals surface area contributed by atoms with Crippen molar-refractivity contribution in [3.05, 3.63) is 33.8 Å². The minimum atomic E-state index is -4.47. The van der Waals surface area contributed by atoms with E-state index < -0.39 is 19.2 Å². The quantitative estimate of drug-likeness (QED) is 0.434. The Labute approximate surface area is 126 Å². The predicted molar refractivity (Wildman–Crippen MR) is 75.0 cm³/mol. The highest BCUT2D eigenvalue weighted by molar-refractivity contribution is 7.52. The Balaban J connectivity index is 2.98. The summed E-state index contributed by atoms with van der Waals surface area (Å²) in [4.78, 5) is 30.1. The normalized spacial score (nSPS) is 13.1. The van der Waals surface area contributed by atoms with Crippen molar-refractivity contribution in [1.29, 1.82) is 0 Å². The van der Waals surface area contributed by atoms with E-state index in [0.29, 0.717) is 10.6 Å². The molecule has 0 bridgehead atoms. The second-order valence-electron chi connectivity index (χ2n) is 4.23. The van der Waals surface area contributed by atoms with Gasteiger partial charge in [-0.05, 0) is 24.1 Å². The lowest BCUT2D eigenvalue weighted by Crippen LogP contribution is -2.22. The van der Waals surface area contributed by atoms with Crippen molar-refractivity contribution in [3.63, 3.8) is 0 Å². The van der Waals surface area contributed by atoms with Gasteiger partial charge in [0.1, 0.15) is 0 Å². The fourth-order valence-electron chi connectivity index (χ4n) is 1.67. The van der Waals surface area contributed by atoms with Gasteiger partial charge in [0.15, 0.2) is 0 Å². The second-order valence-corrected chi connectivity index (χ2v) is 6.85. The fourth-order valence-corrected chi connectivity index (χ4v) is 2.99. The lowest BCUT2D eigenvalue weighted by molar-refractivity contribution is -0.159. The first-order valence-electron chi connectivity index (χ1n) is 5.58. The molecule has 20 heavy (non-hydrogen) atoms. The Bertz CT molecular complexity index is 546. The van der Waals surface area contributed by atoms with E-state index >= 15 is 0 Å². The molecule has 3 N–H and O–H groups in total. The van der Waals surface area contributed by atoms with Crippen LogP contribution in [0.5, 0.6) is 0 Å². The molecule has 1 atom stereocenters. The maximum atomic E-state index is 11.5. The minimum absolute atomic E-state index is 0.119. The molecule has 0 heterocycles. The summed E-state index contributed by atoms with van der Waals surface area (Å²) in [5.74, 6) is -0.636. The molecule has 0 aliphatic carbocycles. The van der Waals surface area contributed by atoms with Gasteiger partial charge in [0.05, 0.1) is 15.7 Å². The largest absolute Gasteiger partial charge is 0.332 e. The van der Waals surface area contributed by atoms with Crippen LogP contribution in [-0.2, 0) is 9.36 Å². The van der Waals surface area contributed by atoms with E-state index in [0.717, 1.165) is 7.05 Å². The Morgan fingerprint density at radius 2 is 1.95 bits per heavy atom. The van der Waals surface area contributed by atoms with Crippen LogP contribution in [0.25, 0.3) is 0 Å². The lowest BCUT2D eigenvalue weighted by atomic mass is 10.1. The van der Waals surface area contributed by atoms with Crippen molar-refractivity contribution >= 4 is 36.7 Å². The molecule has 1 aromatic rings. The van der Waals surface area contributed by atoms with Crippen LogP contribution in [0.4, 0.5) is 0 Å². The number of hydroxylamine groups is 2. The zero-order valence-corrected chi connectivity index (χ0v) is 12.9. The standard InChI is InChI=1S/C11H14Cl2NO5P/c1-14(16)11(15)5-4-10(20(17,18)19)7-2-3-8(12)9(13)6-7/h2-3,6,10,16H,4-5H2,1H3,(H2,17,18,19).